The van der Waals surface area contributed by atoms with Crippen molar-refractivity contribution in [1.82, 2.24) is 10.0 Å². The lowest BCUT2D eigenvalue weighted by molar-refractivity contribution is 0.585. The first kappa shape index (κ1) is 16.9. The van der Waals surface area contributed by atoms with E-state index in [0.29, 0.717) is 11.6 Å². The molecule has 0 saturated carbocycles. The van der Waals surface area contributed by atoms with Gasteiger partial charge in [0.05, 0.1) is 4.90 Å². The lowest BCUT2D eigenvalue weighted by Crippen LogP contribution is -2.30. The summed E-state index contributed by atoms with van der Waals surface area (Å²) in [4.78, 5) is 0.128. The third-order valence-electron chi connectivity index (χ3n) is 1.84. The van der Waals surface area contributed by atoms with Crippen molar-refractivity contribution in [3.63, 3.8) is 0 Å². The summed E-state index contributed by atoms with van der Waals surface area (Å²) in [6, 6.07) is 5.86. The molecule has 1 aromatic carbocycles. The first-order valence-electron chi connectivity index (χ1n) is 4.78. The molecule has 0 fully saturated rings. The van der Waals surface area contributed by atoms with E-state index in [2.05, 4.69) is 23.2 Å². The Morgan fingerprint density at radius 1 is 1.33 bits per heavy atom. The van der Waals surface area contributed by atoms with Gasteiger partial charge in [-0.3, -0.25) is 4.72 Å². The smallest absolute Gasteiger partial charge is 0.262 e. The molecule has 100 valence electrons. The normalized spacial score (nSPS) is 10.1. The van der Waals surface area contributed by atoms with Crippen LogP contribution in [-0.2, 0) is 10.0 Å². The molecule has 0 saturated heterocycles. The van der Waals surface area contributed by atoms with Crippen molar-refractivity contribution in [1.29, 1.82) is 0 Å². The van der Waals surface area contributed by atoms with E-state index in [-0.39, 0.29) is 24.2 Å². The first-order chi connectivity index (χ1) is 7.95. The minimum Gasteiger partial charge on any atom is -0.368 e. The number of nitrogens with one attached hydrogen (secondary N) is 2. The van der Waals surface area contributed by atoms with Gasteiger partial charge in [0.25, 0.3) is 10.0 Å². The highest BCUT2D eigenvalue weighted by atomic mass is 35.5. The predicted octanol–water partition coefficient (Wildman–Crippen LogP) is 1.98. The molecule has 0 radical (unpaired) electrons. The van der Waals surface area contributed by atoms with E-state index in [4.69, 9.17) is 11.6 Å². The Hall–Kier alpha value is -1.11. The highest BCUT2D eigenvalue weighted by molar-refractivity contribution is 7.89. The quantitative estimate of drug-likeness (QED) is 0.790. The number of benzene rings is 1. The molecule has 4 nitrogen and oxygen atoms in total. The maximum atomic E-state index is 11.8. The monoisotopic (exact) mass is 306 g/mol. The fourth-order valence-electron chi connectivity index (χ4n) is 1.07. The molecule has 0 aliphatic heterocycles. The van der Waals surface area contributed by atoms with Gasteiger partial charge >= 0.3 is 0 Å². The van der Waals surface area contributed by atoms with E-state index in [1.165, 1.54) is 24.3 Å². The largest absolute Gasteiger partial charge is 0.368 e. The van der Waals surface area contributed by atoms with Gasteiger partial charge in [-0.15, -0.1) is 6.58 Å². The highest BCUT2D eigenvalue weighted by Crippen LogP contribution is 2.14. The topological polar surface area (TPSA) is 58.2 Å². The van der Waals surface area contributed by atoms with Gasteiger partial charge in [-0.05, 0) is 24.3 Å². The van der Waals surface area contributed by atoms with Gasteiger partial charge in [-0.25, -0.2) is 8.42 Å². The van der Waals surface area contributed by atoms with Crippen LogP contribution in [0.15, 0.2) is 54.2 Å². The molecule has 2 N–H and O–H groups in total. The summed E-state index contributed by atoms with van der Waals surface area (Å²) in [5, 5.41) is 3.22. The van der Waals surface area contributed by atoms with Crippen LogP contribution < -0.4 is 10.0 Å². The molecule has 7 heteroatoms. The molecule has 0 aliphatic carbocycles. The van der Waals surface area contributed by atoms with Crippen LogP contribution in [0.2, 0.25) is 5.02 Å². The Labute approximate surface area is 119 Å². The van der Waals surface area contributed by atoms with Gasteiger partial charge in [-0.1, -0.05) is 24.3 Å². The summed E-state index contributed by atoms with van der Waals surface area (Å²) < 4.78 is 26.0. The summed E-state index contributed by atoms with van der Waals surface area (Å²) >= 11 is 5.68. The number of hydrogen-bond donors (Lipinski definition) is 2. The van der Waals surface area contributed by atoms with Gasteiger partial charge in [-0.2, -0.15) is 13.5 Å². The van der Waals surface area contributed by atoms with Gasteiger partial charge in [0.15, 0.2) is 0 Å². The first-order valence-corrected chi connectivity index (χ1v) is 6.64. The van der Waals surface area contributed by atoms with E-state index >= 15 is 0 Å². The van der Waals surface area contributed by atoms with Crippen molar-refractivity contribution in [2.24, 2.45) is 0 Å². The van der Waals surface area contributed by atoms with E-state index in [1.54, 1.807) is 6.08 Å². The SMILES string of the molecule is C=CCNC(=C)NS(=O)(=O)c1ccc(Cl)cc1.S. The van der Waals surface area contributed by atoms with Crippen LogP contribution in [0.25, 0.3) is 0 Å². The van der Waals surface area contributed by atoms with Crippen LogP contribution in [0.3, 0.4) is 0 Å². The average Bonchev–Trinajstić information content (AvgIpc) is 2.26. The minimum absolute atomic E-state index is 0. The molecule has 0 unspecified atom stereocenters. The molecule has 0 atom stereocenters. The van der Waals surface area contributed by atoms with Crippen molar-refractivity contribution in [3.05, 3.63) is 54.3 Å². The second-order valence-electron chi connectivity index (χ2n) is 3.21. The molecular formula is C11H15ClN2O2S2. The lowest BCUT2D eigenvalue weighted by Gasteiger charge is -2.11. The summed E-state index contributed by atoms with van der Waals surface area (Å²) in [6.07, 6.45) is 1.60. The molecule has 0 bridgehead atoms. The summed E-state index contributed by atoms with van der Waals surface area (Å²) in [5.41, 5.74) is 0. The average molecular weight is 307 g/mol. The summed E-state index contributed by atoms with van der Waals surface area (Å²) in [6.45, 7) is 7.48. The zero-order valence-corrected chi connectivity index (χ0v) is 12.2. The molecule has 0 heterocycles. The van der Waals surface area contributed by atoms with E-state index in [9.17, 15) is 8.42 Å². The fourth-order valence-corrected chi connectivity index (χ4v) is 2.20. The highest BCUT2D eigenvalue weighted by Gasteiger charge is 2.13. The molecule has 0 amide bonds. The van der Waals surface area contributed by atoms with Crippen LogP contribution >= 0.6 is 25.1 Å². The van der Waals surface area contributed by atoms with E-state index < -0.39 is 10.0 Å². The molecule has 0 aromatic heterocycles. The maximum Gasteiger partial charge on any atom is 0.262 e. The molecular weight excluding hydrogens is 292 g/mol. The molecule has 1 aromatic rings. The lowest BCUT2D eigenvalue weighted by atomic mass is 10.4. The Balaban J connectivity index is 0.00000289. The Kier molecular flexibility index (Phi) is 6.90. The standard InChI is InChI=1S/C11H13ClN2O2S.H2S/c1-3-8-13-9(2)14-17(15,16)11-6-4-10(12)5-7-11;/h3-7,13-14H,1-2,8H2;1H2. The van der Waals surface area contributed by atoms with Crippen LogP contribution in [0.1, 0.15) is 0 Å². The van der Waals surface area contributed by atoms with Crippen LogP contribution in [0.4, 0.5) is 0 Å². The second-order valence-corrected chi connectivity index (χ2v) is 5.33. The third kappa shape index (κ3) is 5.03. The second kappa shape index (κ2) is 7.35. The number of hydrogen-bond acceptors (Lipinski definition) is 3. The summed E-state index contributed by atoms with van der Waals surface area (Å²) in [7, 11) is -3.61. The van der Waals surface area contributed by atoms with Gasteiger partial charge < -0.3 is 5.32 Å². The zero-order valence-electron chi connectivity index (χ0n) is 9.61. The van der Waals surface area contributed by atoms with Crippen LogP contribution in [0, 0.1) is 0 Å². The van der Waals surface area contributed by atoms with Crippen molar-refractivity contribution in [2.75, 3.05) is 6.54 Å². The van der Waals surface area contributed by atoms with E-state index in [1.807, 2.05) is 0 Å². The van der Waals surface area contributed by atoms with Crippen LogP contribution in [-0.4, -0.2) is 15.0 Å². The maximum absolute atomic E-state index is 11.8. The minimum atomic E-state index is -3.61. The molecule has 1 rings (SSSR count). The van der Waals surface area contributed by atoms with E-state index in [0.717, 1.165) is 0 Å². The zero-order chi connectivity index (χ0) is 12.9. The van der Waals surface area contributed by atoms with Crippen molar-refractivity contribution >= 4 is 35.1 Å². The predicted molar refractivity (Wildman–Crippen MR) is 79.5 cm³/mol. The Morgan fingerprint density at radius 3 is 2.39 bits per heavy atom. The fraction of sp³-hybridized carbons (Fsp3) is 0.0909. The van der Waals surface area contributed by atoms with Crippen molar-refractivity contribution in [3.8, 4) is 0 Å². The molecule has 0 aliphatic rings. The number of rotatable bonds is 6. The third-order valence-corrected chi connectivity index (χ3v) is 3.50. The Bertz CT molecular complexity index is 512. The number of halogens is 1. The van der Waals surface area contributed by atoms with Gasteiger partial charge in [0, 0.05) is 11.6 Å². The van der Waals surface area contributed by atoms with Gasteiger partial charge in [0.1, 0.15) is 5.82 Å². The van der Waals surface area contributed by atoms with Gasteiger partial charge in [0.2, 0.25) is 0 Å². The molecule has 0 spiro atoms. The van der Waals surface area contributed by atoms with Crippen LogP contribution in [0.5, 0.6) is 0 Å². The van der Waals surface area contributed by atoms with Crippen molar-refractivity contribution in [2.45, 2.75) is 4.90 Å². The Morgan fingerprint density at radius 2 is 1.89 bits per heavy atom. The van der Waals surface area contributed by atoms with Crippen molar-refractivity contribution < 1.29 is 8.42 Å². The molecule has 18 heavy (non-hydrogen) atoms. The summed E-state index contributed by atoms with van der Waals surface area (Å²) in [5.74, 6) is 0.194. The number of sulfonamides is 1.